The van der Waals surface area contributed by atoms with E-state index in [0.717, 1.165) is 23.1 Å². The van der Waals surface area contributed by atoms with Crippen molar-refractivity contribution in [3.63, 3.8) is 0 Å². The lowest BCUT2D eigenvalue weighted by Crippen LogP contribution is -2.20. The van der Waals surface area contributed by atoms with Gasteiger partial charge in [-0.25, -0.2) is 9.97 Å². The van der Waals surface area contributed by atoms with Gasteiger partial charge in [0.05, 0.1) is 17.4 Å². The molecule has 0 atom stereocenters. The summed E-state index contributed by atoms with van der Waals surface area (Å²) in [6.45, 7) is 0. The molecule has 14 heavy (non-hydrogen) atoms. The largest absolute Gasteiger partial charge is 0.320 e. The van der Waals surface area contributed by atoms with Gasteiger partial charge in [-0.15, -0.1) is 0 Å². The minimum Gasteiger partial charge on any atom is -0.320 e. The number of nitrogens with zero attached hydrogens (tertiary/aromatic N) is 3. The van der Waals surface area contributed by atoms with Crippen LogP contribution in [0.25, 0.3) is 5.78 Å². The summed E-state index contributed by atoms with van der Waals surface area (Å²) in [7, 11) is 0. The van der Waals surface area contributed by atoms with E-state index < -0.39 is 0 Å². The third-order valence-corrected chi connectivity index (χ3v) is 3.22. The summed E-state index contributed by atoms with van der Waals surface area (Å²) >= 11 is 3.39. The molecule has 0 amide bonds. The van der Waals surface area contributed by atoms with Gasteiger partial charge in [-0.1, -0.05) is 0 Å². The first-order valence-corrected chi connectivity index (χ1v) is 5.27. The molecule has 2 N–H and O–H groups in total. The van der Waals surface area contributed by atoms with Crippen molar-refractivity contribution in [2.24, 2.45) is 5.73 Å². The molecule has 0 radical (unpaired) electrons. The van der Waals surface area contributed by atoms with E-state index >= 15 is 0 Å². The molecule has 1 aliphatic rings. The highest BCUT2D eigenvalue weighted by Crippen LogP contribution is 2.41. The lowest BCUT2D eigenvalue weighted by Gasteiger charge is -2.07. The average molecular weight is 253 g/mol. The summed E-state index contributed by atoms with van der Waals surface area (Å²) in [6.07, 6.45) is 5.74. The topological polar surface area (TPSA) is 56.2 Å². The third kappa shape index (κ3) is 1.09. The van der Waals surface area contributed by atoms with E-state index in [4.69, 9.17) is 5.73 Å². The molecule has 0 saturated heterocycles. The molecule has 2 heterocycles. The Morgan fingerprint density at radius 3 is 3.00 bits per heavy atom. The van der Waals surface area contributed by atoms with Gasteiger partial charge in [-0.2, -0.15) is 0 Å². The molecule has 2 aromatic rings. The highest BCUT2D eigenvalue weighted by atomic mass is 79.9. The first-order valence-electron chi connectivity index (χ1n) is 4.48. The fourth-order valence-corrected chi connectivity index (χ4v) is 1.89. The van der Waals surface area contributed by atoms with Crippen LogP contribution in [0, 0.1) is 0 Å². The van der Waals surface area contributed by atoms with Crippen molar-refractivity contribution in [2.45, 2.75) is 18.4 Å². The Kier molecular flexibility index (Phi) is 1.52. The average Bonchev–Trinajstić information content (AvgIpc) is 2.84. The molecule has 0 aromatic carbocycles. The van der Waals surface area contributed by atoms with Crippen molar-refractivity contribution in [3.8, 4) is 0 Å². The predicted molar refractivity (Wildman–Crippen MR) is 55.8 cm³/mol. The van der Waals surface area contributed by atoms with Crippen LogP contribution < -0.4 is 5.73 Å². The third-order valence-electron chi connectivity index (χ3n) is 2.63. The molecule has 0 bridgehead atoms. The minimum absolute atomic E-state index is 0.180. The second-order valence-corrected chi connectivity index (χ2v) is 4.53. The van der Waals surface area contributed by atoms with Crippen LogP contribution >= 0.6 is 15.9 Å². The van der Waals surface area contributed by atoms with Gasteiger partial charge in [0.2, 0.25) is 5.78 Å². The van der Waals surface area contributed by atoms with E-state index in [-0.39, 0.29) is 5.54 Å². The molecule has 2 aromatic heterocycles. The van der Waals surface area contributed by atoms with Crippen LogP contribution in [-0.2, 0) is 5.54 Å². The Morgan fingerprint density at radius 1 is 1.50 bits per heavy atom. The fourth-order valence-electron chi connectivity index (χ4n) is 1.51. The van der Waals surface area contributed by atoms with Crippen LogP contribution in [0.4, 0.5) is 0 Å². The van der Waals surface area contributed by atoms with E-state index in [1.807, 2.05) is 16.7 Å². The molecule has 0 aliphatic heterocycles. The van der Waals surface area contributed by atoms with Gasteiger partial charge in [-0.3, -0.25) is 4.40 Å². The molecule has 72 valence electrons. The van der Waals surface area contributed by atoms with E-state index in [1.165, 1.54) is 0 Å². The highest BCUT2D eigenvalue weighted by molar-refractivity contribution is 9.10. The summed E-state index contributed by atoms with van der Waals surface area (Å²) in [5.41, 5.74) is 6.82. The molecule has 1 fully saturated rings. The monoisotopic (exact) mass is 252 g/mol. The zero-order valence-electron chi connectivity index (χ0n) is 7.44. The maximum absolute atomic E-state index is 6.05. The zero-order chi connectivity index (χ0) is 9.76. The smallest absolute Gasteiger partial charge is 0.234 e. The van der Waals surface area contributed by atoms with Crippen LogP contribution in [0.2, 0.25) is 0 Å². The molecule has 3 rings (SSSR count). The maximum atomic E-state index is 6.05. The lowest BCUT2D eigenvalue weighted by molar-refractivity contribution is 0.705. The molecular formula is C9H9BrN4. The van der Waals surface area contributed by atoms with E-state index in [1.54, 1.807) is 6.20 Å². The van der Waals surface area contributed by atoms with Crippen molar-refractivity contribution in [2.75, 3.05) is 0 Å². The van der Waals surface area contributed by atoms with Crippen LogP contribution in [0.1, 0.15) is 18.5 Å². The van der Waals surface area contributed by atoms with Crippen LogP contribution in [0.3, 0.4) is 0 Å². The Labute approximate surface area is 89.3 Å². The number of hydrogen-bond acceptors (Lipinski definition) is 3. The number of halogens is 1. The first kappa shape index (κ1) is 8.38. The summed E-state index contributed by atoms with van der Waals surface area (Å²) in [6, 6.07) is 1.96. The van der Waals surface area contributed by atoms with Gasteiger partial charge in [0.1, 0.15) is 4.60 Å². The zero-order valence-corrected chi connectivity index (χ0v) is 9.03. The van der Waals surface area contributed by atoms with E-state index in [9.17, 15) is 0 Å². The molecule has 0 spiro atoms. The second-order valence-electron chi connectivity index (χ2n) is 3.72. The number of nitrogens with two attached hydrogens (primary N) is 1. The number of aromatic nitrogens is 3. The standard InChI is InChI=1S/C9H9BrN4/c10-7-5-12-8-13-6(1-4-14(7)8)9(11)2-3-9/h1,4-5H,2-3,11H2. The Balaban J connectivity index is 2.21. The number of hydrogen-bond donors (Lipinski definition) is 1. The summed E-state index contributed by atoms with van der Waals surface area (Å²) in [4.78, 5) is 8.60. The molecule has 5 heteroatoms. The molecular weight excluding hydrogens is 244 g/mol. The van der Waals surface area contributed by atoms with Crippen molar-refractivity contribution in [1.82, 2.24) is 14.4 Å². The second kappa shape index (κ2) is 2.55. The van der Waals surface area contributed by atoms with Gasteiger partial charge in [-0.05, 0) is 34.8 Å². The number of fused-ring (bicyclic) bond motifs is 1. The van der Waals surface area contributed by atoms with Crippen LogP contribution in [-0.4, -0.2) is 14.4 Å². The maximum Gasteiger partial charge on any atom is 0.234 e. The van der Waals surface area contributed by atoms with Crippen LogP contribution in [0.15, 0.2) is 23.1 Å². The van der Waals surface area contributed by atoms with E-state index in [0.29, 0.717) is 5.78 Å². The van der Waals surface area contributed by atoms with Gasteiger partial charge < -0.3 is 5.73 Å². The Hall–Kier alpha value is -0.940. The van der Waals surface area contributed by atoms with Gasteiger partial charge in [0.25, 0.3) is 0 Å². The molecule has 1 aliphatic carbocycles. The number of imidazole rings is 1. The fraction of sp³-hybridized carbons (Fsp3) is 0.333. The van der Waals surface area contributed by atoms with Crippen molar-refractivity contribution in [1.29, 1.82) is 0 Å². The quantitative estimate of drug-likeness (QED) is 0.836. The lowest BCUT2D eigenvalue weighted by atomic mass is 10.2. The summed E-state index contributed by atoms with van der Waals surface area (Å²) < 4.78 is 2.79. The molecule has 0 unspecified atom stereocenters. The van der Waals surface area contributed by atoms with Crippen molar-refractivity contribution in [3.05, 3.63) is 28.8 Å². The SMILES string of the molecule is NC1(c2ccn3c(Br)cnc3n2)CC1. The van der Waals surface area contributed by atoms with Crippen molar-refractivity contribution >= 4 is 21.7 Å². The number of rotatable bonds is 1. The van der Waals surface area contributed by atoms with Crippen molar-refractivity contribution < 1.29 is 0 Å². The molecule has 1 saturated carbocycles. The summed E-state index contributed by atoms with van der Waals surface area (Å²) in [5, 5.41) is 0. The van der Waals surface area contributed by atoms with Gasteiger partial charge in [0.15, 0.2) is 0 Å². The highest BCUT2D eigenvalue weighted by Gasteiger charge is 2.41. The Bertz CT molecular complexity index is 500. The molecule has 4 nitrogen and oxygen atoms in total. The van der Waals surface area contributed by atoms with Crippen LogP contribution in [0.5, 0.6) is 0 Å². The summed E-state index contributed by atoms with van der Waals surface area (Å²) in [5.74, 6) is 0.700. The van der Waals surface area contributed by atoms with Gasteiger partial charge in [0, 0.05) is 6.20 Å². The Morgan fingerprint density at radius 2 is 2.29 bits per heavy atom. The predicted octanol–water partition coefficient (Wildman–Crippen LogP) is 1.44. The van der Waals surface area contributed by atoms with E-state index in [2.05, 4.69) is 25.9 Å². The normalized spacial score (nSPS) is 18.7. The van der Waals surface area contributed by atoms with Gasteiger partial charge >= 0.3 is 0 Å². The first-order chi connectivity index (χ1) is 6.69. The minimum atomic E-state index is -0.180.